The molecule has 1 aromatic heterocycles. The normalized spacial score (nSPS) is 14.6. The van der Waals surface area contributed by atoms with Gasteiger partial charge in [0.2, 0.25) is 0 Å². The summed E-state index contributed by atoms with van der Waals surface area (Å²) in [4.78, 5) is 25.9. The van der Waals surface area contributed by atoms with Crippen molar-refractivity contribution in [1.82, 2.24) is 14.7 Å². The van der Waals surface area contributed by atoms with Crippen molar-refractivity contribution in [3.8, 4) is 22.7 Å². The van der Waals surface area contributed by atoms with Crippen LogP contribution in [-0.4, -0.2) is 49.1 Å². The number of aliphatic carboxylic acids is 1. The number of nitrogens with zero attached hydrogens (tertiary/aromatic N) is 3. The van der Waals surface area contributed by atoms with Gasteiger partial charge in [0, 0.05) is 30.3 Å². The van der Waals surface area contributed by atoms with E-state index in [0.717, 1.165) is 41.1 Å². The fourth-order valence-electron chi connectivity index (χ4n) is 3.72. The maximum Gasteiger partial charge on any atom is 0.303 e. The van der Waals surface area contributed by atoms with Crippen molar-refractivity contribution in [3.05, 3.63) is 71.3 Å². The number of carboxylic acids is 1. The molecule has 0 saturated carbocycles. The smallest absolute Gasteiger partial charge is 0.303 e. The number of hydrogen-bond acceptors (Lipinski definition) is 6. The lowest BCUT2D eigenvalue weighted by Crippen LogP contribution is -2.29. The molecule has 0 spiro atoms. The van der Waals surface area contributed by atoms with Crippen LogP contribution < -0.4 is 4.74 Å². The maximum atomic E-state index is 13.1. The highest BCUT2D eigenvalue weighted by molar-refractivity contribution is 8.26. The number of carboxylic acid groups (broad SMARTS) is 1. The molecule has 3 aromatic rings. The van der Waals surface area contributed by atoms with Gasteiger partial charge in [-0.25, -0.2) is 4.68 Å². The van der Waals surface area contributed by atoms with E-state index in [9.17, 15) is 9.59 Å². The Morgan fingerprint density at radius 2 is 1.97 bits per heavy atom. The predicted molar refractivity (Wildman–Crippen MR) is 146 cm³/mol. The van der Waals surface area contributed by atoms with Crippen LogP contribution in [0, 0.1) is 0 Å². The highest BCUT2D eigenvalue weighted by Crippen LogP contribution is 2.35. The molecule has 0 bridgehead atoms. The lowest BCUT2D eigenvalue weighted by atomic mass is 10.1. The topological polar surface area (TPSA) is 84.7 Å². The minimum Gasteiger partial charge on any atom is -0.494 e. The Hall–Kier alpha value is -3.43. The minimum atomic E-state index is -0.894. The van der Waals surface area contributed by atoms with Crippen LogP contribution in [-0.2, 0) is 9.59 Å². The molecule has 1 amide bonds. The zero-order valence-electron chi connectivity index (χ0n) is 19.9. The molecule has 1 N–H and O–H groups in total. The van der Waals surface area contributed by atoms with Gasteiger partial charge in [-0.1, -0.05) is 67.7 Å². The summed E-state index contributed by atoms with van der Waals surface area (Å²) >= 11 is 6.63. The third-order valence-electron chi connectivity index (χ3n) is 5.57. The number of para-hydroxylation sites is 1. The Labute approximate surface area is 219 Å². The molecule has 9 heteroatoms. The molecule has 0 aliphatic carbocycles. The summed E-state index contributed by atoms with van der Waals surface area (Å²) in [7, 11) is 0. The molecule has 1 aliphatic rings. The summed E-state index contributed by atoms with van der Waals surface area (Å²) in [6.45, 7) is 3.05. The van der Waals surface area contributed by atoms with Crippen LogP contribution in [0.2, 0.25) is 0 Å². The van der Waals surface area contributed by atoms with Crippen molar-refractivity contribution in [2.45, 2.75) is 32.6 Å². The molecule has 7 nitrogen and oxygen atoms in total. The molecular formula is C27H27N3O4S2. The van der Waals surface area contributed by atoms with Gasteiger partial charge in [0.25, 0.3) is 5.91 Å². The number of ether oxygens (including phenoxy) is 1. The third kappa shape index (κ3) is 6.22. The Bertz CT molecular complexity index is 1290. The van der Waals surface area contributed by atoms with Gasteiger partial charge in [-0.2, -0.15) is 5.10 Å². The second kappa shape index (κ2) is 12.0. The van der Waals surface area contributed by atoms with E-state index in [0.29, 0.717) is 22.3 Å². The Morgan fingerprint density at radius 1 is 1.17 bits per heavy atom. The Morgan fingerprint density at radius 3 is 2.72 bits per heavy atom. The van der Waals surface area contributed by atoms with Gasteiger partial charge in [-0.3, -0.25) is 14.5 Å². The van der Waals surface area contributed by atoms with Crippen LogP contribution in [0.3, 0.4) is 0 Å². The first-order valence-electron chi connectivity index (χ1n) is 11.8. The average molecular weight is 522 g/mol. The summed E-state index contributed by atoms with van der Waals surface area (Å²) < 4.78 is 8.12. The summed E-state index contributed by atoms with van der Waals surface area (Å²) in [5.41, 5.74) is 3.27. The molecule has 2 aromatic carbocycles. The SMILES string of the molecule is CCCCOc1cccc(-c2nn(-c3ccccc3)cc2/C=C2\SC(=S)N(CCCC(=O)O)C2=O)c1. The van der Waals surface area contributed by atoms with E-state index < -0.39 is 5.97 Å². The number of aromatic nitrogens is 2. The van der Waals surface area contributed by atoms with Gasteiger partial charge < -0.3 is 9.84 Å². The first kappa shape index (κ1) is 25.7. The van der Waals surface area contributed by atoms with Gasteiger partial charge >= 0.3 is 5.97 Å². The quantitative estimate of drug-likeness (QED) is 0.194. The van der Waals surface area contributed by atoms with E-state index in [1.807, 2.05) is 66.9 Å². The molecule has 0 atom stereocenters. The Balaban J connectivity index is 1.67. The fraction of sp³-hybridized carbons (Fsp3) is 0.259. The van der Waals surface area contributed by atoms with Crippen molar-refractivity contribution >= 4 is 46.3 Å². The third-order valence-corrected chi connectivity index (χ3v) is 6.95. The molecule has 0 unspecified atom stereocenters. The summed E-state index contributed by atoms with van der Waals surface area (Å²) in [5.74, 6) is -0.341. The van der Waals surface area contributed by atoms with Crippen molar-refractivity contribution in [1.29, 1.82) is 0 Å². The maximum absolute atomic E-state index is 13.1. The number of benzene rings is 2. The number of carbonyl (C=O) groups excluding carboxylic acids is 1. The number of thiocarbonyl (C=S) groups is 1. The number of carbonyl (C=O) groups is 2. The van der Waals surface area contributed by atoms with Gasteiger partial charge in [0.15, 0.2) is 0 Å². The largest absolute Gasteiger partial charge is 0.494 e. The number of rotatable bonds is 11. The monoisotopic (exact) mass is 521 g/mol. The van der Waals surface area contributed by atoms with Crippen LogP contribution in [0.5, 0.6) is 5.75 Å². The molecule has 1 aliphatic heterocycles. The van der Waals surface area contributed by atoms with Gasteiger partial charge in [-0.15, -0.1) is 0 Å². The number of hydrogen-bond donors (Lipinski definition) is 1. The first-order chi connectivity index (χ1) is 17.5. The summed E-state index contributed by atoms with van der Waals surface area (Å²) in [6.07, 6.45) is 6.07. The molecule has 186 valence electrons. The van der Waals surface area contributed by atoms with Crippen molar-refractivity contribution < 1.29 is 19.4 Å². The second-order valence-corrected chi connectivity index (χ2v) is 9.95. The zero-order chi connectivity index (χ0) is 25.5. The number of unbranched alkanes of at least 4 members (excludes halogenated alkanes) is 1. The highest BCUT2D eigenvalue weighted by atomic mass is 32.2. The van der Waals surface area contributed by atoms with Crippen molar-refractivity contribution in [2.24, 2.45) is 0 Å². The zero-order valence-corrected chi connectivity index (χ0v) is 21.6. The lowest BCUT2D eigenvalue weighted by molar-refractivity contribution is -0.137. The fourth-order valence-corrected chi connectivity index (χ4v) is 5.02. The molecule has 1 saturated heterocycles. The number of thioether (sulfide) groups is 1. The predicted octanol–water partition coefficient (Wildman–Crippen LogP) is 5.78. The van der Waals surface area contributed by atoms with E-state index in [2.05, 4.69) is 6.92 Å². The van der Waals surface area contributed by atoms with Crippen LogP contribution >= 0.6 is 24.0 Å². The molecule has 0 radical (unpaired) electrons. The lowest BCUT2D eigenvalue weighted by Gasteiger charge is -2.13. The van der Waals surface area contributed by atoms with Crippen molar-refractivity contribution in [2.75, 3.05) is 13.2 Å². The van der Waals surface area contributed by atoms with Crippen LogP contribution in [0.4, 0.5) is 0 Å². The summed E-state index contributed by atoms with van der Waals surface area (Å²) in [6, 6.07) is 17.6. The van der Waals surface area contributed by atoms with Gasteiger partial charge in [0.05, 0.1) is 17.2 Å². The summed E-state index contributed by atoms with van der Waals surface area (Å²) in [5, 5.41) is 13.8. The van der Waals surface area contributed by atoms with E-state index in [4.69, 9.17) is 27.2 Å². The van der Waals surface area contributed by atoms with E-state index >= 15 is 0 Å². The highest BCUT2D eigenvalue weighted by Gasteiger charge is 2.32. The average Bonchev–Trinajstić information content (AvgIpc) is 3.41. The minimum absolute atomic E-state index is 0.0131. The van der Waals surface area contributed by atoms with Crippen LogP contribution in [0.15, 0.2) is 65.7 Å². The molecule has 4 rings (SSSR count). The standard InChI is InChI=1S/C27H27N3O4S2/c1-2-3-15-34-22-12-7-9-19(16-22)25-20(18-30(28-25)21-10-5-4-6-11-21)17-23-26(33)29(27(35)36-23)14-8-13-24(31)32/h4-7,9-12,16-18H,2-3,8,13-15H2,1H3,(H,31,32)/b23-17-. The van der Waals surface area contributed by atoms with Gasteiger partial charge in [-0.05, 0) is 43.2 Å². The van der Waals surface area contributed by atoms with E-state index in [-0.39, 0.29) is 18.9 Å². The second-order valence-electron chi connectivity index (χ2n) is 8.27. The van der Waals surface area contributed by atoms with Crippen molar-refractivity contribution in [3.63, 3.8) is 0 Å². The molecule has 2 heterocycles. The van der Waals surface area contributed by atoms with E-state index in [1.54, 1.807) is 4.68 Å². The van der Waals surface area contributed by atoms with Gasteiger partial charge in [0.1, 0.15) is 15.8 Å². The first-order valence-corrected chi connectivity index (χ1v) is 13.0. The van der Waals surface area contributed by atoms with E-state index in [1.165, 1.54) is 16.7 Å². The van der Waals surface area contributed by atoms with Crippen LogP contribution in [0.25, 0.3) is 23.0 Å². The number of amides is 1. The van der Waals surface area contributed by atoms with Crippen LogP contribution in [0.1, 0.15) is 38.2 Å². The molecule has 36 heavy (non-hydrogen) atoms. The Kier molecular flexibility index (Phi) is 8.56. The molecule has 1 fully saturated rings. The molecular weight excluding hydrogens is 494 g/mol.